The summed E-state index contributed by atoms with van der Waals surface area (Å²) in [4.78, 5) is 16.6. The number of furan rings is 1. The molecule has 0 fully saturated rings. The minimum atomic E-state index is -0.323. The number of hydrogen-bond donors (Lipinski definition) is 0. The smallest absolute Gasteiger partial charge is 0.250 e. The zero-order valence-corrected chi connectivity index (χ0v) is 12.1. The van der Waals surface area contributed by atoms with Gasteiger partial charge in [0, 0.05) is 12.0 Å². The van der Waals surface area contributed by atoms with E-state index in [0.717, 1.165) is 5.76 Å². The molecular weight excluding hydrogens is 305 g/mol. The van der Waals surface area contributed by atoms with Gasteiger partial charge in [-0.25, -0.2) is 9.37 Å². The molecule has 0 unspecified atom stereocenters. The van der Waals surface area contributed by atoms with Gasteiger partial charge in [0.15, 0.2) is 11.0 Å². The lowest BCUT2D eigenvalue weighted by Crippen LogP contribution is -2.20. The fourth-order valence-electron chi connectivity index (χ4n) is 2.30. The Balaban J connectivity index is 1.69. The summed E-state index contributed by atoms with van der Waals surface area (Å²) < 4.78 is 19.7. The van der Waals surface area contributed by atoms with Gasteiger partial charge in [0.05, 0.1) is 11.5 Å². The number of carbonyl (C=O) groups is 1. The van der Waals surface area contributed by atoms with E-state index in [1.165, 1.54) is 28.6 Å². The molecule has 3 aromatic rings. The summed E-state index contributed by atoms with van der Waals surface area (Å²) >= 11 is 1.44. The summed E-state index contributed by atoms with van der Waals surface area (Å²) in [5.41, 5.74) is 0.672. The first-order valence-electron chi connectivity index (χ1n) is 6.67. The van der Waals surface area contributed by atoms with Crippen molar-refractivity contribution in [2.45, 2.75) is 16.8 Å². The molecule has 2 aromatic heterocycles. The lowest BCUT2D eigenvalue weighted by molar-refractivity contribution is 0.0865. The fourth-order valence-corrected chi connectivity index (χ4v) is 3.42. The van der Waals surface area contributed by atoms with Crippen LogP contribution in [0.3, 0.4) is 0 Å². The maximum atomic E-state index is 13.0. The topological polar surface area (TPSA) is 60.9 Å². The van der Waals surface area contributed by atoms with Crippen LogP contribution in [0.2, 0.25) is 0 Å². The van der Waals surface area contributed by atoms with Crippen LogP contribution >= 0.6 is 11.8 Å². The summed E-state index contributed by atoms with van der Waals surface area (Å²) in [6, 6.07) is 9.51. The average Bonchev–Trinajstić information content (AvgIpc) is 3.17. The lowest BCUT2D eigenvalue weighted by atomic mass is 10.2. The number of thioether (sulfide) groups is 1. The fraction of sp³-hybridized carbons (Fsp3) is 0.133. The normalized spacial score (nSPS) is 17.5. The van der Waals surface area contributed by atoms with Gasteiger partial charge in [0.2, 0.25) is 0 Å². The van der Waals surface area contributed by atoms with Crippen molar-refractivity contribution in [3.63, 3.8) is 0 Å². The van der Waals surface area contributed by atoms with Crippen molar-refractivity contribution < 1.29 is 13.6 Å². The Morgan fingerprint density at radius 3 is 2.82 bits per heavy atom. The van der Waals surface area contributed by atoms with E-state index in [1.807, 2.05) is 6.07 Å². The Bertz CT molecular complexity index is 827. The van der Waals surface area contributed by atoms with E-state index < -0.39 is 0 Å². The Morgan fingerprint density at radius 2 is 2.09 bits per heavy atom. The number of hydrogen-bond acceptors (Lipinski definition) is 5. The average molecular weight is 315 g/mol. The van der Waals surface area contributed by atoms with Crippen LogP contribution in [0.25, 0.3) is 11.4 Å². The van der Waals surface area contributed by atoms with Crippen molar-refractivity contribution in [2.75, 3.05) is 0 Å². The molecule has 0 saturated carbocycles. The summed E-state index contributed by atoms with van der Waals surface area (Å²) in [5.74, 6) is 0.707. The second kappa shape index (κ2) is 5.10. The van der Waals surface area contributed by atoms with Crippen LogP contribution in [0.15, 0.2) is 52.2 Å². The van der Waals surface area contributed by atoms with Crippen molar-refractivity contribution in [3.05, 3.63) is 54.2 Å². The van der Waals surface area contributed by atoms with Gasteiger partial charge in [0.1, 0.15) is 11.6 Å². The van der Waals surface area contributed by atoms with E-state index >= 15 is 0 Å². The molecule has 110 valence electrons. The van der Waals surface area contributed by atoms with Crippen molar-refractivity contribution in [2.24, 2.45) is 0 Å². The molecule has 4 rings (SSSR count). The van der Waals surface area contributed by atoms with Crippen LogP contribution in [-0.4, -0.2) is 20.7 Å². The van der Waals surface area contributed by atoms with Gasteiger partial charge in [-0.05, 0) is 36.4 Å². The molecule has 1 aliphatic rings. The predicted molar refractivity (Wildman–Crippen MR) is 78.0 cm³/mol. The maximum absolute atomic E-state index is 13.0. The number of benzene rings is 1. The second-order valence-corrected chi connectivity index (χ2v) is 6.03. The molecule has 0 spiro atoms. The molecular formula is C15H10FN3O2S. The van der Waals surface area contributed by atoms with Crippen LogP contribution in [0.5, 0.6) is 0 Å². The number of carbonyl (C=O) groups excluding carboxylic acids is 1. The summed E-state index contributed by atoms with van der Waals surface area (Å²) in [5, 5.41) is 4.66. The van der Waals surface area contributed by atoms with Gasteiger partial charge < -0.3 is 4.42 Å². The Labute approximate surface area is 129 Å². The largest absolute Gasteiger partial charge is 0.468 e. The van der Waals surface area contributed by atoms with Gasteiger partial charge in [-0.1, -0.05) is 11.8 Å². The third kappa shape index (κ3) is 2.23. The molecule has 1 aromatic carbocycles. The van der Waals surface area contributed by atoms with E-state index in [0.29, 0.717) is 23.0 Å². The molecule has 0 bridgehead atoms. The highest BCUT2D eigenvalue weighted by Gasteiger charge is 2.31. The zero-order chi connectivity index (χ0) is 15.1. The molecule has 7 heteroatoms. The number of fused-ring (bicyclic) bond motifs is 1. The molecule has 0 radical (unpaired) electrons. The van der Waals surface area contributed by atoms with Crippen LogP contribution in [-0.2, 0) is 0 Å². The van der Waals surface area contributed by atoms with Gasteiger partial charge >= 0.3 is 0 Å². The van der Waals surface area contributed by atoms with E-state index in [4.69, 9.17) is 4.42 Å². The minimum Gasteiger partial charge on any atom is -0.468 e. The number of nitrogens with zero attached hydrogens (tertiary/aromatic N) is 3. The van der Waals surface area contributed by atoms with E-state index in [1.54, 1.807) is 24.5 Å². The zero-order valence-electron chi connectivity index (χ0n) is 11.3. The van der Waals surface area contributed by atoms with Gasteiger partial charge in [-0.15, -0.1) is 5.10 Å². The molecule has 0 saturated heterocycles. The molecule has 0 N–H and O–H groups in total. The number of halogens is 1. The van der Waals surface area contributed by atoms with Crippen LogP contribution in [0.1, 0.15) is 22.2 Å². The first-order chi connectivity index (χ1) is 10.7. The van der Waals surface area contributed by atoms with Crippen molar-refractivity contribution >= 4 is 17.7 Å². The lowest BCUT2D eigenvalue weighted by Gasteiger charge is -2.17. The Hall–Kier alpha value is -2.41. The van der Waals surface area contributed by atoms with Crippen LogP contribution in [0, 0.1) is 5.82 Å². The van der Waals surface area contributed by atoms with E-state index in [-0.39, 0.29) is 17.0 Å². The molecule has 0 amide bonds. The standard InChI is InChI=1S/C15H10FN3O2S/c16-10-5-3-9(4-6-10)14-17-15-19(18-14)13(20)8-12(22-15)11-2-1-7-21-11/h1-7,12H,8H2/t12-/m1/s1. The van der Waals surface area contributed by atoms with Crippen molar-refractivity contribution in [3.8, 4) is 11.4 Å². The molecule has 1 aliphatic heterocycles. The summed E-state index contributed by atoms with van der Waals surface area (Å²) in [6.45, 7) is 0. The summed E-state index contributed by atoms with van der Waals surface area (Å²) in [7, 11) is 0. The van der Waals surface area contributed by atoms with E-state index in [9.17, 15) is 9.18 Å². The van der Waals surface area contributed by atoms with Crippen LogP contribution < -0.4 is 0 Å². The molecule has 0 aliphatic carbocycles. The first-order valence-corrected chi connectivity index (χ1v) is 7.55. The quantitative estimate of drug-likeness (QED) is 0.723. The van der Waals surface area contributed by atoms with Crippen molar-refractivity contribution in [1.29, 1.82) is 0 Å². The highest BCUT2D eigenvalue weighted by Crippen LogP contribution is 2.41. The molecule has 5 nitrogen and oxygen atoms in total. The molecule has 3 heterocycles. The molecule has 22 heavy (non-hydrogen) atoms. The first kappa shape index (κ1) is 13.3. The Kier molecular flexibility index (Phi) is 3.07. The Morgan fingerprint density at radius 1 is 1.27 bits per heavy atom. The third-order valence-corrected chi connectivity index (χ3v) is 4.54. The third-order valence-electron chi connectivity index (χ3n) is 3.38. The van der Waals surface area contributed by atoms with Crippen LogP contribution in [0.4, 0.5) is 4.39 Å². The predicted octanol–water partition coefficient (Wildman–Crippen LogP) is 3.55. The number of rotatable bonds is 2. The number of aromatic nitrogens is 3. The summed E-state index contributed by atoms with van der Waals surface area (Å²) in [6.07, 6.45) is 1.89. The highest BCUT2D eigenvalue weighted by molar-refractivity contribution is 7.99. The van der Waals surface area contributed by atoms with Gasteiger partial charge in [-0.3, -0.25) is 4.79 Å². The SMILES string of the molecule is O=C1C[C@H](c2ccco2)Sc2nc(-c3ccc(F)cc3)nn21. The highest BCUT2D eigenvalue weighted by atomic mass is 32.2. The monoisotopic (exact) mass is 315 g/mol. The van der Waals surface area contributed by atoms with E-state index in [2.05, 4.69) is 10.1 Å². The van der Waals surface area contributed by atoms with Gasteiger partial charge in [0.25, 0.3) is 5.91 Å². The van der Waals surface area contributed by atoms with Crippen molar-refractivity contribution in [1.82, 2.24) is 14.8 Å². The maximum Gasteiger partial charge on any atom is 0.250 e. The van der Waals surface area contributed by atoms with Gasteiger partial charge in [-0.2, -0.15) is 4.68 Å². The molecule has 1 atom stereocenters. The minimum absolute atomic E-state index is 0.0970. The second-order valence-electron chi connectivity index (χ2n) is 4.86.